The molecule has 2 fully saturated rings. The average Bonchev–Trinajstić information content (AvgIpc) is 3.29. The van der Waals surface area contributed by atoms with Crippen molar-refractivity contribution in [2.24, 2.45) is 17.8 Å². The average molecular weight is 259 g/mol. The second kappa shape index (κ2) is 4.68. The number of nitrogens with one attached hydrogen (secondary N) is 1. The molecule has 100 valence electrons. The van der Waals surface area contributed by atoms with Gasteiger partial charge in [0.15, 0.2) is 0 Å². The second-order valence-corrected chi connectivity index (χ2v) is 5.52. The molecule has 2 aliphatic rings. The summed E-state index contributed by atoms with van der Waals surface area (Å²) in [5, 5.41) is 11.9. The fourth-order valence-corrected chi connectivity index (χ4v) is 2.58. The van der Waals surface area contributed by atoms with E-state index in [0.29, 0.717) is 12.3 Å². The summed E-state index contributed by atoms with van der Waals surface area (Å²) in [6.07, 6.45) is 2.74. The van der Waals surface area contributed by atoms with E-state index in [1.807, 2.05) is 30.3 Å². The second-order valence-electron chi connectivity index (χ2n) is 5.52. The molecule has 0 radical (unpaired) electrons. The quantitative estimate of drug-likeness (QED) is 0.849. The van der Waals surface area contributed by atoms with Gasteiger partial charge in [0.05, 0.1) is 17.9 Å². The van der Waals surface area contributed by atoms with Crippen LogP contribution >= 0.6 is 0 Å². The molecular formula is C15H17NO3. The minimum Gasteiger partial charge on any atom is -0.481 e. The van der Waals surface area contributed by atoms with Gasteiger partial charge in [-0.25, -0.2) is 0 Å². The highest BCUT2D eigenvalue weighted by atomic mass is 16.4. The molecule has 4 heteroatoms. The molecule has 3 rings (SSSR count). The number of benzene rings is 1. The van der Waals surface area contributed by atoms with E-state index in [1.54, 1.807) is 0 Å². The molecule has 0 heterocycles. The number of hydrogen-bond acceptors (Lipinski definition) is 2. The molecule has 2 aliphatic carbocycles. The van der Waals surface area contributed by atoms with Gasteiger partial charge in [-0.05, 0) is 30.7 Å². The number of carbonyl (C=O) groups is 2. The first-order valence-corrected chi connectivity index (χ1v) is 6.75. The van der Waals surface area contributed by atoms with Crippen LogP contribution in [-0.4, -0.2) is 17.0 Å². The third-order valence-corrected chi connectivity index (χ3v) is 3.99. The fourth-order valence-electron chi connectivity index (χ4n) is 2.58. The Balaban J connectivity index is 1.66. The minimum absolute atomic E-state index is 0.0451. The van der Waals surface area contributed by atoms with Crippen LogP contribution in [-0.2, 0) is 9.59 Å². The van der Waals surface area contributed by atoms with Crippen molar-refractivity contribution < 1.29 is 14.7 Å². The highest BCUT2D eigenvalue weighted by Crippen LogP contribution is 2.43. The van der Waals surface area contributed by atoms with Crippen LogP contribution in [0.15, 0.2) is 30.3 Å². The Morgan fingerprint density at radius 2 is 1.84 bits per heavy atom. The van der Waals surface area contributed by atoms with Crippen molar-refractivity contribution in [3.8, 4) is 0 Å². The highest BCUT2D eigenvalue weighted by molar-refractivity contribution is 5.89. The van der Waals surface area contributed by atoms with Gasteiger partial charge in [0.1, 0.15) is 0 Å². The zero-order valence-corrected chi connectivity index (χ0v) is 10.6. The summed E-state index contributed by atoms with van der Waals surface area (Å²) in [6, 6.07) is 9.97. The van der Waals surface area contributed by atoms with E-state index in [2.05, 4.69) is 5.32 Å². The fraction of sp³-hybridized carbons (Fsp3) is 0.467. The van der Waals surface area contributed by atoms with Gasteiger partial charge < -0.3 is 10.4 Å². The van der Waals surface area contributed by atoms with Gasteiger partial charge in [-0.1, -0.05) is 30.3 Å². The van der Waals surface area contributed by atoms with Crippen molar-refractivity contribution in [2.75, 3.05) is 0 Å². The van der Waals surface area contributed by atoms with E-state index >= 15 is 0 Å². The zero-order chi connectivity index (χ0) is 13.4. The first-order chi connectivity index (χ1) is 9.16. The van der Waals surface area contributed by atoms with Crippen LogP contribution in [0.1, 0.15) is 30.9 Å². The Kier molecular flexibility index (Phi) is 3.01. The van der Waals surface area contributed by atoms with Crippen molar-refractivity contribution in [1.82, 2.24) is 5.32 Å². The third-order valence-electron chi connectivity index (χ3n) is 3.99. The van der Waals surface area contributed by atoms with Gasteiger partial charge in [-0.2, -0.15) is 0 Å². The maximum Gasteiger partial charge on any atom is 0.307 e. The van der Waals surface area contributed by atoms with Gasteiger partial charge in [0, 0.05) is 0 Å². The third kappa shape index (κ3) is 2.62. The lowest BCUT2D eigenvalue weighted by atomic mass is 10.0. The van der Waals surface area contributed by atoms with E-state index in [1.165, 1.54) is 0 Å². The summed E-state index contributed by atoms with van der Waals surface area (Å²) in [7, 11) is 0. The van der Waals surface area contributed by atoms with Crippen molar-refractivity contribution in [2.45, 2.75) is 25.3 Å². The lowest BCUT2D eigenvalue weighted by Gasteiger charge is -2.18. The maximum atomic E-state index is 12.1. The summed E-state index contributed by atoms with van der Waals surface area (Å²) in [6.45, 7) is 0. The molecule has 19 heavy (non-hydrogen) atoms. The Bertz CT molecular complexity index is 495. The SMILES string of the molecule is O=C(N[C@H](c1ccccc1)C1CC1)[C@H]1C[C@H]1C(=O)O. The number of amides is 1. The Morgan fingerprint density at radius 3 is 2.37 bits per heavy atom. The van der Waals surface area contributed by atoms with E-state index < -0.39 is 11.9 Å². The van der Waals surface area contributed by atoms with E-state index in [-0.39, 0.29) is 17.9 Å². The van der Waals surface area contributed by atoms with Gasteiger partial charge in [0.2, 0.25) is 5.91 Å². The van der Waals surface area contributed by atoms with E-state index in [4.69, 9.17) is 5.11 Å². The van der Waals surface area contributed by atoms with Gasteiger partial charge in [0.25, 0.3) is 0 Å². The predicted octanol–water partition coefficient (Wildman–Crippen LogP) is 1.97. The largest absolute Gasteiger partial charge is 0.481 e. The highest BCUT2D eigenvalue weighted by Gasteiger charge is 2.49. The summed E-state index contributed by atoms with van der Waals surface area (Å²) in [5.74, 6) is -1.26. The van der Waals surface area contributed by atoms with E-state index in [0.717, 1.165) is 18.4 Å². The summed E-state index contributed by atoms with van der Waals surface area (Å²) in [4.78, 5) is 22.9. The van der Waals surface area contributed by atoms with Crippen molar-refractivity contribution in [3.05, 3.63) is 35.9 Å². The molecular weight excluding hydrogens is 242 g/mol. The van der Waals surface area contributed by atoms with Gasteiger partial charge in [-0.15, -0.1) is 0 Å². The van der Waals surface area contributed by atoms with Crippen molar-refractivity contribution in [1.29, 1.82) is 0 Å². The van der Waals surface area contributed by atoms with Crippen LogP contribution < -0.4 is 5.32 Å². The Labute approximate surface area is 111 Å². The predicted molar refractivity (Wildman–Crippen MR) is 69.3 cm³/mol. The first-order valence-electron chi connectivity index (χ1n) is 6.75. The molecule has 2 N–H and O–H groups in total. The molecule has 2 saturated carbocycles. The maximum absolute atomic E-state index is 12.1. The van der Waals surface area contributed by atoms with Crippen LogP contribution in [0, 0.1) is 17.8 Å². The van der Waals surface area contributed by atoms with Crippen LogP contribution in [0.25, 0.3) is 0 Å². The van der Waals surface area contributed by atoms with Gasteiger partial charge >= 0.3 is 5.97 Å². The molecule has 0 aliphatic heterocycles. The van der Waals surface area contributed by atoms with Crippen LogP contribution in [0.3, 0.4) is 0 Å². The zero-order valence-electron chi connectivity index (χ0n) is 10.6. The lowest BCUT2D eigenvalue weighted by Crippen LogP contribution is -2.32. The smallest absolute Gasteiger partial charge is 0.307 e. The number of rotatable bonds is 5. The molecule has 0 spiro atoms. The molecule has 0 bridgehead atoms. The number of carbonyl (C=O) groups excluding carboxylic acids is 1. The monoisotopic (exact) mass is 259 g/mol. The molecule has 4 nitrogen and oxygen atoms in total. The molecule has 0 unspecified atom stereocenters. The summed E-state index contributed by atoms with van der Waals surface area (Å²) >= 11 is 0. The number of carboxylic acids is 1. The van der Waals surface area contributed by atoms with E-state index in [9.17, 15) is 9.59 Å². The topological polar surface area (TPSA) is 66.4 Å². The molecule has 0 aromatic heterocycles. The van der Waals surface area contributed by atoms with Crippen LogP contribution in [0.5, 0.6) is 0 Å². The first kappa shape index (κ1) is 12.2. The number of carboxylic acid groups (broad SMARTS) is 1. The van der Waals surface area contributed by atoms with Crippen molar-refractivity contribution in [3.63, 3.8) is 0 Å². The van der Waals surface area contributed by atoms with Crippen molar-refractivity contribution >= 4 is 11.9 Å². The molecule has 3 atom stereocenters. The van der Waals surface area contributed by atoms with Crippen LogP contribution in [0.2, 0.25) is 0 Å². The number of aliphatic carboxylic acids is 1. The summed E-state index contributed by atoms with van der Waals surface area (Å²) < 4.78 is 0. The minimum atomic E-state index is -0.858. The molecule has 1 aromatic rings. The molecule has 1 aromatic carbocycles. The molecule has 1 amide bonds. The summed E-state index contributed by atoms with van der Waals surface area (Å²) in [5.41, 5.74) is 1.12. The van der Waals surface area contributed by atoms with Crippen LogP contribution in [0.4, 0.5) is 0 Å². The Hall–Kier alpha value is -1.84. The Morgan fingerprint density at radius 1 is 1.16 bits per heavy atom. The lowest BCUT2D eigenvalue weighted by molar-refractivity contribution is -0.140. The standard InChI is InChI=1S/C15H17NO3/c17-14(11-8-12(11)15(18)19)16-13(10-6-7-10)9-4-2-1-3-5-9/h1-5,10-13H,6-8H2,(H,16,17)(H,18,19)/t11-,12+,13+/m0/s1. The number of hydrogen-bond donors (Lipinski definition) is 2. The normalized spacial score (nSPS) is 26.5. The molecule has 0 saturated heterocycles. The van der Waals surface area contributed by atoms with Gasteiger partial charge in [-0.3, -0.25) is 9.59 Å².